The maximum Gasteiger partial charge on any atom is 0.180 e. The van der Waals surface area contributed by atoms with Crippen molar-refractivity contribution in [2.45, 2.75) is 6.73 Å². The summed E-state index contributed by atoms with van der Waals surface area (Å²) in [6, 6.07) is 5.80. The number of hydrogen-bond donors (Lipinski definition) is 1. The minimum absolute atomic E-state index is 0.253. The van der Waals surface area contributed by atoms with Gasteiger partial charge in [0, 0.05) is 0 Å². The van der Waals surface area contributed by atoms with E-state index in [0.717, 1.165) is 0 Å². The van der Waals surface area contributed by atoms with Crippen molar-refractivity contribution in [2.24, 2.45) is 0 Å². The molecule has 0 saturated carbocycles. The fourth-order valence-electron chi connectivity index (χ4n) is 1.12. The summed E-state index contributed by atoms with van der Waals surface area (Å²) in [5.41, 5.74) is 6.06. The molecule has 0 saturated heterocycles. The highest BCUT2D eigenvalue weighted by atomic mass is 19.1. The highest BCUT2D eigenvalue weighted by molar-refractivity contribution is 5.30. The number of anilines is 1. The van der Waals surface area contributed by atoms with Crippen molar-refractivity contribution in [2.75, 3.05) is 5.73 Å². The third kappa shape index (κ3) is 2.46. The van der Waals surface area contributed by atoms with Gasteiger partial charge in [0.15, 0.2) is 6.73 Å². The first-order chi connectivity index (χ1) is 7.24. The first-order valence-electron chi connectivity index (χ1n) is 4.40. The number of halogens is 1. The number of hydrogen-bond acceptors (Lipinski definition) is 3. The Hall–Kier alpha value is -2.04. The van der Waals surface area contributed by atoms with E-state index in [1.165, 1.54) is 18.3 Å². The molecule has 0 aliphatic rings. The molecule has 4 nitrogen and oxygen atoms in total. The monoisotopic (exact) mass is 207 g/mol. The summed E-state index contributed by atoms with van der Waals surface area (Å²) in [7, 11) is 0. The summed E-state index contributed by atoms with van der Waals surface area (Å²) < 4.78 is 19.5. The van der Waals surface area contributed by atoms with Crippen LogP contribution in [-0.2, 0) is 6.73 Å². The van der Waals surface area contributed by atoms with Gasteiger partial charge in [-0.1, -0.05) is 0 Å². The van der Waals surface area contributed by atoms with Crippen LogP contribution in [0.3, 0.4) is 0 Å². The highest BCUT2D eigenvalue weighted by Crippen LogP contribution is 2.11. The average molecular weight is 207 g/mol. The second-order valence-electron chi connectivity index (χ2n) is 3.04. The molecule has 2 rings (SSSR count). The summed E-state index contributed by atoms with van der Waals surface area (Å²) >= 11 is 0. The van der Waals surface area contributed by atoms with Crippen molar-refractivity contribution in [1.82, 2.24) is 9.78 Å². The molecule has 15 heavy (non-hydrogen) atoms. The van der Waals surface area contributed by atoms with Gasteiger partial charge < -0.3 is 10.5 Å². The number of benzene rings is 1. The maximum absolute atomic E-state index is 12.6. The molecule has 0 fully saturated rings. The number of rotatable bonds is 3. The van der Waals surface area contributed by atoms with Crippen molar-refractivity contribution >= 4 is 5.69 Å². The Morgan fingerprint density at radius 2 is 2.07 bits per heavy atom. The molecule has 5 heteroatoms. The Morgan fingerprint density at radius 3 is 2.67 bits per heavy atom. The zero-order chi connectivity index (χ0) is 10.7. The number of ether oxygens (including phenoxy) is 1. The molecule has 78 valence electrons. The van der Waals surface area contributed by atoms with E-state index in [0.29, 0.717) is 11.4 Å². The zero-order valence-corrected chi connectivity index (χ0v) is 7.93. The van der Waals surface area contributed by atoms with E-state index in [-0.39, 0.29) is 12.5 Å². The first kappa shape index (κ1) is 9.51. The SMILES string of the molecule is Nc1cnn(COc2ccc(F)cc2)c1. The van der Waals surface area contributed by atoms with Gasteiger partial charge in [0.2, 0.25) is 0 Å². The lowest BCUT2D eigenvalue weighted by atomic mass is 10.3. The number of nitrogens with two attached hydrogens (primary N) is 1. The lowest BCUT2D eigenvalue weighted by Gasteiger charge is -2.05. The van der Waals surface area contributed by atoms with Gasteiger partial charge >= 0.3 is 0 Å². The van der Waals surface area contributed by atoms with Gasteiger partial charge in [0.1, 0.15) is 11.6 Å². The minimum atomic E-state index is -0.286. The predicted molar refractivity (Wildman–Crippen MR) is 53.7 cm³/mol. The van der Waals surface area contributed by atoms with E-state index in [1.54, 1.807) is 23.0 Å². The molecule has 2 N–H and O–H groups in total. The molecule has 0 aliphatic carbocycles. The Morgan fingerprint density at radius 1 is 1.33 bits per heavy atom. The molecule has 0 radical (unpaired) electrons. The summed E-state index contributed by atoms with van der Waals surface area (Å²) in [6.07, 6.45) is 3.19. The van der Waals surface area contributed by atoms with Gasteiger partial charge in [-0.2, -0.15) is 5.10 Å². The van der Waals surface area contributed by atoms with Gasteiger partial charge in [-0.15, -0.1) is 0 Å². The van der Waals surface area contributed by atoms with E-state index in [1.807, 2.05) is 0 Å². The fourth-order valence-corrected chi connectivity index (χ4v) is 1.12. The quantitative estimate of drug-likeness (QED) is 0.832. The van der Waals surface area contributed by atoms with Gasteiger partial charge in [0.05, 0.1) is 18.1 Å². The summed E-state index contributed by atoms with van der Waals surface area (Å²) in [4.78, 5) is 0. The highest BCUT2D eigenvalue weighted by Gasteiger charge is 1.96. The topological polar surface area (TPSA) is 53.1 Å². The van der Waals surface area contributed by atoms with Gasteiger partial charge in [-0.05, 0) is 24.3 Å². The van der Waals surface area contributed by atoms with Crippen LogP contribution in [0.5, 0.6) is 5.75 Å². The van der Waals surface area contributed by atoms with E-state index in [4.69, 9.17) is 10.5 Å². The lowest BCUT2D eigenvalue weighted by molar-refractivity contribution is 0.221. The van der Waals surface area contributed by atoms with Crippen LogP contribution in [0.15, 0.2) is 36.7 Å². The Bertz CT molecular complexity index is 438. The molecular formula is C10H10FN3O. The molecule has 0 spiro atoms. The van der Waals surface area contributed by atoms with Crippen molar-refractivity contribution < 1.29 is 9.13 Å². The molecule has 1 aromatic carbocycles. The van der Waals surface area contributed by atoms with Crippen LogP contribution in [0.4, 0.5) is 10.1 Å². The molecule has 0 bridgehead atoms. The van der Waals surface area contributed by atoms with Crippen LogP contribution in [0.2, 0.25) is 0 Å². The molecule has 0 aliphatic heterocycles. The predicted octanol–water partition coefficient (Wildman–Crippen LogP) is 1.64. The van der Waals surface area contributed by atoms with Crippen molar-refractivity contribution in [1.29, 1.82) is 0 Å². The molecule has 0 amide bonds. The van der Waals surface area contributed by atoms with Crippen LogP contribution in [0.25, 0.3) is 0 Å². The average Bonchev–Trinajstić information content (AvgIpc) is 2.64. The Kier molecular flexibility index (Phi) is 2.53. The fraction of sp³-hybridized carbons (Fsp3) is 0.100. The van der Waals surface area contributed by atoms with Gasteiger partial charge in [0.25, 0.3) is 0 Å². The normalized spacial score (nSPS) is 10.2. The van der Waals surface area contributed by atoms with Crippen molar-refractivity contribution in [3.63, 3.8) is 0 Å². The first-order valence-corrected chi connectivity index (χ1v) is 4.40. The number of nitrogens with zero attached hydrogens (tertiary/aromatic N) is 2. The van der Waals surface area contributed by atoms with E-state index < -0.39 is 0 Å². The van der Waals surface area contributed by atoms with Crippen LogP contribution >= 0.6 is 0 Å². The Balaban J connectivity index is 1.96. The van der Waals surface area contributed by atoms with Gasteiger partial charge in [-0.3, -0.25) is 0 Å². The second kappa shape index (κ2) is 4.00. The largest absolute Gasteiger partial charge is 0.471 e. The van der Waals surface area contributed by atoms with E-state index in [9.17, 15) is 4.39 Å². The lowest BCUT2D eigenvalue weighted by Crippen LogP contribution is -2.05. The molecular weight excluding hydrogens is 197 g/mol. The Labute approximate surface area is 86.1 Å². The molecule has 1 heterocycles. The smallest absolute Gasteiger partial charge is 0.180 e. The number of aromatic nitrogens is 2. The minimum Gasteiger partial charge on any atom is -0.471 e. The van der Waals surface area contributed by atoms with Gasteiger partial charge in [-0.25, -0.2) is 9.07 Å². The third-order valence-electron chi connectivity index (χ3n) is 1.83. The van der Waals surface area contributed by atoms with E-state index in [2.05, 4.69) is 5.10 Å². The van der Waals surface area contributed by atoms with Crippen LogP contribution in [-0.4, -0.2) is 9.78 Å². The summed E-state index contributed by atoms with van der Waals surface area (Å²) in [6.45, 7) is 0.253. The maximum atomic E-state index is 12.6. The van der Waals surface area contributed by atoms with Crippen molar-refractivity contribution in [3.05, 3.63) is 42.5 Å². The number of nitrogen functional groups attached to an aromatic ring is 1. The molecule has 2 aromatic rings. The molecule has 1 aromatic heterocycles. The third-order valence-corrected chi connectivity index (χ3v) is 1.83. The second-order valence-corrected chi connectivity index (χ2v) is 3.04. The molecule has 0 unspecified atom stereocenters. The van der Waals surface area contributed by atoms with Crippen LogP contribution < -0.4 is 10.5 Å². The van der Waals surface area contributed by atoms with Crippen LogP contribution in [0.1, 0.15) is 0 Å². The molecule has 0 atom stereocenters. The zero-order valence-electron chi connectivity index (χ0n) is 7.93. The summed E-state index contributed by atoms with van der Waals surface area (Å²) in [5, 5.41) is 3.94. The van der Waals surface area contributed by atoms with Crippen LogP contribution in [0, 0.1) is 5.82 Å². The standard InChI is InChI=1S/C10H10FN3O/c11-8-1-3-10(4-2-8)15-7-14-6-9(12)5-13-14/h1-6H,7,12H2. The van der Waals surface area contributed by atoms with E-state index >= 15 is 0 Å². The summed E-state index contributed by atoms with van der Waals surface area (Å²) in [5.74, 6) is 0.302. The van der Waals surface area contributed by atoms with Crippen molar-refractivity contribution in [3.8, 4) is 5.75 Å².